The van der Waals surface area contributed by atoms with Crippen molar-refractivity contribution < 1.29 is 0 Å². The zero-order valence-corrected chi connectivity index (χ0v) is 15.4. The molecule has 0 spiro atoms. The van der Waals surface area contributed by atoms with Crippen molar-refractivity contribution in [1.82, 2.24) is 0 Å². The van der Waals surface area contributed by atoms with Crippen LogP contribution in [0.2, 0.25) is 32.5 Å². The number of hydrogen-bond acceptors (Lipinski definition) is 0. The molecule has 14 heavy (non-hydrogen) atoms. The molecule has 0 atom stereocenters. The van der Waals surface area contributed by atoms with Crippen molar-refractivity contribution in [2.45, 2.75) is 58.2 Å². The second-order valence-electron chi connectivity index (χ2n) is 5.68. The molecule has 1 aliphatic carbocycles. The summed E-state index contributed by atoms with van der Waals surface area (Å²) in [4.78, 5) is 0. The summed E-state index contributed by atoms with van der Waals surface area (Å²) >= 11 is -3.75. The Morgan fingerprint density at radius 3 is 1.07 bits per heavy atom. The first-order chi connectivity index (χ1) is 6.21. The molecule has 84 valence electrons. The summed E-state index contributed by atoms with van der Waals surface area (Å²) in [7, 11) is 13.1. The van der Waals surface area contributed by atoms with E-state index in [4.69, 9.17) is 20.0 Å². The molecule has 0 aromatic rings. The monoisotopic (exact) mass is 360 g/mol. The fraction of sp³-hybridized carbons (Fsp3) is 1.00. The number of hydrogen-bond donors (Lipinski definition) is 0. The Morgan fingerprint density at radius 2 is 0.929 bits per heavy atom. The SMILES string of the molecule is [CH3][Ge]([CH3])([Cl])[CH]1CC[CH]([Ge]([CH3])([CH3])[Cl])CC1. The Morgan fingerprint density at radius 1 is 0.714 bits per heavy atom. The number of rotatable bonds is 2. The van der Waals surface area contributed by atoms with Crippen molar-refractivity contribution in [1.29, 1.82) is 0 Å². The van der Waals surface area contributed by atoms with E-state index in [2.05, 4.69) is 23.0 Å². The van der Waals surface area contributed by atoms with E-state index in [9.17, 15) is 0 Å². The first kappa shape index (κ1) is 13.7. The van der Waals surface area contributed by atoms with E-state index in [1.807, 2.05) is 0 Å². The first-order valence-corrected chi connectivity index (χ1v) is 21.9. The van der Waals surface area contributed by atoms with Crippen LogP contribution in [0.15, 0.2) is 0 Å². The Kier molecular flexibility index (Phi) is 4.80. The predicted octanol–water partition coefficient (Wildman–Crippen LogP) is 5.19. The second-order valence-corrected chi connectivity index (χ2v) is 32.4. The van der Waals surface area contributed by atoms with Gasteiger partial charge in [-0.2, -0.15) is 0 Å². The third-order valence-corrected chi connectivity index (χ3v) is 17.4. The van der Waals surface area contributed by atoms with Crippen LogP contribution in [0.25, 0.3) is 0 Å². The van der Waals surface area contributed by atoms with Crippen LogP contribution in [0, 0.1) is 0 Å². The van der Waals surface area contributed by atoms with Gasteiger partial charge in [0.05, 0.1) is 0 Å². The molecule has 0 bridgehead atoms. The van der Waals surface area contributed by atoms with Gasteiger partial charge in [-0.3, -0.25) is 0 Å². The molecule has 0 N–H and O–H groups in total. The molecule has 0 nitrogen and oxygen atoms in total. The summed E-state index contributed by atoms with van der Waals surface area (Å²) in [6.45, 7) is 0. The molecule has 0 unspecified atom stereocenters. The van der Waals surface area contributed by atoms with E-state index in [0.717, 1.165) is 9.50 Å². The molecular formula is C10H22Cl2Ge2. The van der Waals surface area contributed by atoms with Gasteiger partial charge in [0, 0.05) is 0 Å². The maximum atomic E-state index is 6.54. The van der Waals surface area contributed by atoms with Gasteiger partial charge in [-0.1, -0.05) is 0 Å². The van der Waals surface area contributed by atoms with Crippen molar-refractivity contribution in [3.63, 3.8) is 0 Å². The summed E-state index contributed by atoms with van der Waals surface area (Å²) in [6.07, 6.45) is 5.45. The van der Waals surface area contributed by atoms with E-state index < -0.39 is 24.7 Å². The first-order valence-electron chi connectivity index (χ1n) is 5.59. The third-order valence-electron chi connectivity index (χ3n) is 3.67. The van der Waals surface area contributed by atoms with Crippen LogP contribution in [0.5, 0.6) is 0 Å². The van der Waals surface area contributed by atoms with Crippen molar-refractivity contribution >= 4 is 44.7 Å². The quantitative estimate of drug-likeness (QED) is 0.596. The summed E-state index contributed by atoms with van der Waals surface area (Å²) in [5.74, 6) is 9.33. The van der Waals surface area contributed by atoms with E-state index in [1.54, 1.807) is 0 Å². The Bertz CT molecular complexity index is 163. The van der Waals surface area contributed by atoms with E-state index in [-0.39, 0.29) is 0 Å². The molecule has 1 saturated carbocycles. The fourth-order valence-corrected chi connectivity index (χ4v) is 11.9. The fourth-order valence-electron chi connectivity index (χ4n) is 2.47. The van der Waals surface area contributed by atoms with E-state index in [1.165, 1.54) is 25.7 Å². The van der Waals surface area contributed by atoms with Gasteiger partial charge < -0.3 is 0 Å². The summed E-state index contributed by atoms with van der Waals surface area (Å²) in [5, 5.41) is 0. The minimum atomic E-state index is -1.88. The molecular weight excluding hydrogens is 336 g/mol. The second kappa shape index (κ2) is 4.89. The molecule has 0 aromatic carbocycles. The maximum absolute atomic E-state index is 6.54. The summed E-state index contributed by atoms with van der Waals surface area (Å²) in [5.41, 5.74) is 0. The molecule has 1 rings (SSSR count). The van der Waals surface area contributed by atoms with Gasteiger partial charge in [0.1, 0.15) is 0 Å². The normalized spacial score (nSPS) is 30.4. The van der Waals surface area contributed by atoms with Crippen LogP contribution in [0.1, 0.15) is 25.7 Å². The van der Waals surface area contributed by atoms with Crippen LogP contribution >= 0.6 is 20.0 Å². The topological polar surface area (TPSA) is 0 Å². The molecule has 0 radical (unpaired) electrons. The van der Waals surface area contributed by atoms with Crippen molar-refractivity contribution in [3.8, 4) is 0 Å². The van der Waals surface area contributed by atoms with Gasteiger partial charge in [0.2, 0.25) is 0 Å². The molecule has 1 aliphatic rings. The Balaban J connectivity index is 2.47. The van der Waals surface area contributed by atoms with Gasteiger partial charge in [-0.25, -0.2) is 0 Å². The zero-order valence-electron chi connectivity index (χ0n) is 9.74. The average Bonchev–Trinajstić information content (AvgIpc) is 2.01. The van der Waals surface area contributed by atoms with Crippen LogP contribution in [0.4, 0.5) is 0 Å². The van der Waals surface area contributed by atoms with Crippen molar-refractivity contribution in [2.24, 2.45) is 0 Å². The van der Waals surface area contributed by atoms with Crippen LogP contribution in [-0.4, -0.2) is 24.7 Å². The van der Waals surface area contributed by atoms with Gasteiger partial charge in [0.15, 0.2) is 0 Å². The molecule has 0 saturated heterocycles. The molecule has 0 aliphatic heterocycles. The van der Waals surface area contributed by atoms with Crippen molar-refractivity contribution in [3.05, 3.63) is 0 Å². The average molecular weight is 358 g/mol. The number of halogens is 2. The van der Waals surface area contributed by atoms with E-state index in [0.29, 0.717) is 0 Å². The standard InChI is InChI=1S/C10H22Cl2Ge2/c1-13(2,11)9-5-7-10(8-6-9)14(3,4)12/h9-10H,5-8H2,1-4H3. The van der Waals surface area contributed by atoms with Crippen LogP contribution in [0.3, 0.4) is 0 Å². The zero-order chi connectivity index (χ0) is 11.0. The molecule has 0 amide bonds. The van der Waals surface area contributed by atoms with Gasteiger partial charge in [-0.15, -0.1) is 0 Å². The molecule has 4 heteroatoms. The van der Waals surface area contributed by atoms with E-state index >= 15 is 0 Å². The Labute approximate surface area is 102 Å². The summed E-state index contributed by atoms with van der Waals surface area (Å²) < 4.78 is 1.77. The minimum absolute atomic E-state index is 0.884. The van der Waals surface area contributed by atoms with Crippen LogP contribution < -0.4 is 0 Å². The van der Waals surface area contributed by atoms with Crippen molar-refractivity contribution in [2.75, 3.05) is 0 Å². The Hall–Kier alpha value is 1.67. The predicted molar refractivity (Wildman–Crippen MR) is 72.6 cm³/mol. The third kappa shape index (κ3) is 3.91. The van der Waals surface area contributed by atoms with Gasteiger partial charge in [-0.05, 0) is 0 Å². The molecule has 0 heterocycles. The molecule has 1 fully saturated rings. The van der Waals surface area contributed by atoms with Gasteiger partial charge >= 0.3 is 103 Å². The molecule has 0 aromatic heterocycles. The van der Waals surface area contributed by atoms with Crippen LogP contribution in [-0.2, 0) is 0 Å². The summed E-state index contributed by atoms with van der Waals surface area (Å²) in [6, 6.07) is 0. The van der Waals surface area contributed by atoms with Gasteiger partial charge in [0.25, 0.3) is 0 Å².